The average molecular weight is 420 g/mol. The number of carbonyl (C=O) groups is 2. The van der Waals surface area contributed by atoms with E-state index in [0.29, 0.717) is 5.56 Å². The molecule has 0 unspecified atom stereocenters. The highest BCUT2D eigenvalue weighted by Crippen LogP contribution is 2.18. The summed E-state index contributed by atoms with van der Waals surface area (Å²) in [5.41, 5.74) is 9.60. The van der Waals surface area contributed by atoms with Crippen LogP contribution in [0.25, 0.3) is 0 Å². The van der Waals surface area contributed by atoms with E-state index >= 15 is 0 Å². The molecule has 0 heterocycles. The molecule has 1 rings (SSSR count). The molecule has 0 radical (unpaired) electrons. The number of aliphatic carboxylic acids is 1. The van der Waals surface area contributed by atoms with Crippen molar-refractivity contribution < 1.29 is 14.7 Å². The van der Waals surface area contributed by atoms with Crippen LogP contribution in [-0.2, 0) is 4.79 Å². The molecular formula is C26H45NO3. The van der Waals surface area contributed by atoms with Crippen molar-refractivity contribution >= 4 is 11.8 Å². The summed E-state index contributed by atoms with van der Waals surface area (Å²) in [6.07, 6.45) is 12.2. The van der Waals surface area contributed by atoms with Gasteiger partial charge in [-0.15, -0.1) is 0 Å². The van der Waals surface area contributed by atoms with Gasteiger partial charge in [-0.2, -0.15) is 0 Å². The minimum absolute atomic E-state index is 0.0439. The zero-order valence-corrected chi connectivity index (χ0v) is 20.3. The van der Waals surface area contributed by atoms with Crippen LogP contribution in [0.2, 0.25) is 0 Å². The molecule has 172 valence electrons. The highest BCUT2D eigenvalue weighted by atomic mass is 16.4. The number of carbonyl (C=O) groups excluding carboxylic acids is 1. The molecule has 1 aromatic rings. The molecule has 0 aromatic heterocycles. The number of hydrogen-bond acceptors (Lipinski definition) is 3. The molecule has 30 heavy (non-hydrogen) atoms. The minimum Gasteiger partial charge on any atom is -0.481 e. The van der Waals surface area contributed by atoms with E-state index in [0.717, 1.165) is 16.7 Å². The lowest BCUT2D eigenvalue weighted by atomic mass is 9.95. The number of benzene rings is 1. The molecule has 0 saturated heterocycles. The fraction of sp³-hybridized carbons (Fsp3) is 0.692. The van der Waals surface area contributed by atoms with E-state index in [1.54, 1.807) is 0 Å². The third-order valence-corrected chi connectivity index (χ3v) is 5.20. The van der Waals surface area contributed by atoms with Crippen LogP contribution in [0.5, 0.6) is 0 Å². The zero-order valence-electron chi connectivity index (χ0n) is 20.3. The maximum absolute atomic E-state index is 11.8. The Hall–Kier alpha value is -1.68. The summed E-state index contributed by atoms with van der Waals surface area (Å²) in [6, 6.07) is 3.89. The highest BCUT2D eigenvalue weighted by molar-refractivity contribution is 6.00. The van der Waals surface area contributed by atoms with Gasteiger partial charge in [0, 0.05) is 17.5 Å². The number of rotatable bonds is 13. The smallest absolute Gasteiger partial charge is 0.303 e. The van der Waals surface area contributed by atoms with Gasteiger partial charge in [0.1, 0.15) is 0 Å². The van der Waals surface area contributed by atoms with E-state index < -0.39 is 5.97 Å². The molecule has 0 spiro atoms. The van der Waals surface area contributed by atoms with Gasteiger partial charge in [0.15, 0.2) is 5.78 Å². The minimum atomic E-state index is -0.934. The predicted molar refractivity (Wildman–Crippen MR) is 127 cm³/mol. The fourth-order valence-electron chi connectivity index (χ4n) is 3.68. The van der Waals surface area contributed by atoms with Crippen LogP contribution in [0.4, 0.5) is 0 Å². The van der Waals surface area contributed by atoms with Crippen LogP contribution in [0.1, 0.15) is 118 Å². The van der Waals surface area contributed by atoms with Crippen molar-refractivity contribution in [2.75, 3.05) is 0 Å². The Balaban J connectivity index is 0.000000567. The van der Waals surface area contributed by atoms with Crippen LogP contribution in [0, 0.1) is 20.8 Å². The van der Waals surface area contributed by atoms with Gasteiger partial charge in [-0.25, -0.2) is 0 Å². The zero-order chi connectivity index (χ0) is 23.2. The van der Waals surface area contributed by atoms with Gasteiger partial charge in [0.05, 0.1) is 6.42 Å². The van der Waals surface area contributed by atoms with Crippen molar-refractivity contribution in [3.05, 3.63) is 34.4 Å². The van der Waals surface area contributed by atoms with Crippen LogP contribution >= 0.6 is 0 Å². The molecule has 0 bridgehead atoms. The van der Waals surface area contributed by atoms with Crippen LogP contribution < -0.4 is 5.73 Å². The number of carboxylic acid groups (broad SMARTS) is 1. The molecule has 1 aromatic carbocycles. The van der Waals surface area contributed by atoms with Crippen molar-refractivity contribution in [2.24, 2.45) is 5.73 Å². The largest absolute Gasteiger partial charge is 0.481 e. The van der Waals surface area contributed by atoms with Gasteiger partial charge in [0.25, 0.3) is 0 Å². The Morgan fingerprint density at radius 1 is 0.867 bits per heavy atom. The van der Waals surface area contributed by atoms with Crippen molar-refractivity contribution in [1.82, 2.24) is 0 Å². The SMILES string of the molecule is CCCCCCCCCCC(C)(C)N.Cc1cc(C)c(C(=O)CCC(=O)O)c(C)c1. The standard InChI is InChI=1S/C13H29N.C13H16O3/c1-4-5-6-7-8-9-10-11-12-13(2,3)14;1-8-6-9(2)13(10(3)7-8)11(14)4-5-12(15)16/h4-12,14H2,1-3H3;6-7H,4-5H2,1-3H3,(H,15,16). The van der Waals surface area contributed by atoms with Gasteiger partial charge in [-0.1, -0.05) is 76.0 Å². The predicted octanol–water partition coefficient (Wildman–Crippen LogP) is 6.91. The second kappa shape index (κ2) is 15.2. The second-order valence-corrected chi connectivity index (χ2v) is 9.30. The van der Waals surface area contributed by atoms with Crippen molar-refractivity contribution in [2.45, 2.75) is 118 Å². The van der Waals surface area contributed by atoms with E-state index in [9.17, 15) is 9.59 Å². The topological polar surface area (TPSA) is 80.4 Å². The Kier molecular flexibility index (Phi) is 14.3. The first-order chi connectivity index (χ1) is 14.0. The van der Waals surface area contributed by atoms with Gasteiger partial charge in [-0.05, 0) is 52.2 Å². The summed E-state index contributed by atoms with van der Waals surface area (Å²) >= 11 is 0. The molecule has 0 aliphatic carbocycles. The summed E-state index contributed by atoms with van der Waals surface area (Å²) in [6.45, 7) is 12.2. The summed E-state index contributed by atoms with van der Waals surface area (Å²) in [5, 5.41) is 8.54. The van der Waals surface area contributed by atoms with E-state index in [1.807, 2.05) is 32.9 Å². The van der Waals surface area contributed by atoms with Crippen LogP contribution in [0.15, 0.2) is 12.1 Å². The van der Waals surface area contributed by atoms with Gasteiger partial charge >= 0.3 is 5.97 Å². The van der Waals surface area contributed by atoms with Gasteiger partial charge in [-0.3, -0.25) is 9.59 Å². The number of carboxylic acids is 1. The number of nitrogens with two attached hydrogens (primary N) is 1. The summed E-state index contributed by atoms with van der Waals surface area (Å²) in [5.74, 6) is -1.02. The maximum atomic E-state index is 11.8. The Labute approximate surface area is 184 Å². The molecule has 4 nitrogen and oxygen atoms in total. The molecule has 3 N–H and O–H groups in total. The lowest BCUT2D eigenvalue weighted by Crippen LogP contribution is -2.31. The van der Waals surface area contributed by atoms with Crippen molar-refractivity contribution in [1.29, 1.82) is 0 Å². The first-order valence-electron chi connectivity index (χ1n) is 11.6. The Morgan fingerprint density at radius 2 is 1.33 bits per heavy atom. The normalized spacial score (nSPS) is 11.0. The van der Waals surface area contributed by atoms with Gasteiger partial charge < -0.3 is 10.8 Å². The quantitative estimate of drug-likeness (QED) is 0.269. The summed E-state index contributed by atoms with van der Waals surface area (Å²) < 4.78 is 0. The summed E-state index contributed by atoms with van der Waals surface area (Å²) in [7, 11) is 0. The fourth-order valence-corrected chi connectivity index (χ4v) is 3.68. The van der Waals surface area contributed by atoms with Crippen molar-refractivity contribution in [3.63, 3.8) is 0 Å². The van der Waals surface area contributed by atoms with Crippen LogP contribution in [-0.4, -0.2) is 22.4 Å². The number of hydrogen-bond donors (Lipinski definition) is 2. The van der Waals surface area contributed by atoms with E-state index in [1.165, 1.54) is 57.8 Å². The second-order valence-electron chi connectivity index (χ2n) is 9.30. The Bertz CT molecular complexity index is 621. The van der Waals surface area contributed by atoms with Crippen molar-refractivity contribution in [3.8, 4) is 0 Å². The number of ketones is 1. The molecule has 4 heteroatoms. The third-order valence-electron chi connectivity index (χ3n) is 5.20. The number of aryl methyl sites for hydroxylation is 3. The van der Waals surface area contributed by atoms with E-state index in [4.69, 9.17) is 10.8 Å². The lowest BCUT2D eigenvalue weighted by molar-refractivity contribution is -0.136. The Morgan fingerprint density at radius 3 is 1.77 bits per heavy atom. The molecule has 0 saturated carbocycles. The lowest BCUT2D eigenvalue weighted by Gasteiger charge is -2.17. The van der Waals surface area contributed by atoms with Gasteiger partial charge in [0.2, 0.25) is 0 Å². The highest BCUT2D eigenvalue weighted by Gasteiger charge is 2.14. The third kappa shape index (κ3) is 14.3. The van der Waals surface area contributed by atoms with E-state index in [2.05, 4.69) is 20.8 Å². The summed E-state index contributed by atoms with van der Waals surface area (Å²) in [4.78, 5) is 22.2. The molecule has 0 fully saturated rings. The first kappa shape index (κ1) is 28.3. The average Bonchev–Trinajstić information content (AvgIpc) is 2.61. The first-order valence-corrected chi connectivity index (χ1v) is 11.6. The monoisotopic (exact) mass is 419 g/mol. The maximum Gasteiger partial charge on any atom is 0.303 e. The van der Waals surface area contributed by atoms with Crippen LogP contribution in [0.3, 0.4) is 0 Å². The molecule has 0 atom stereocenters. The molecule has 0 aliphatic rings. The molecule has 0 aliphatic heterocycles. The van der Waals surface area contributed by atoms with E-state index in [-0.39, 0.29) is 24.2 Å². The molecular weight excluding hydrogens is 374 g/mol. The molecule has 0 amide bonds. The number of Topliss-reactive ketones (excluding diaryl/α,β-unsaturated/α-hetero) is 1. The number of unbranched alkanes of at least 4 members (excludes halogenated alkanes) is 7.